The van der Waals surface area contributed by atoms with Gasteiger partial charge in [0.15, 0.2) is 6.10 Å². The summed E-state index contributed by atoms with van der Waals surface area (Å²) in [5.41, 5.74) is 0. The summed E-state index contributed by atoms with van der Waals surface area (Å²) in [6.45, 7) is 6.47. The van der Waals surface area contributed by atoms with Gasteiger partial charge in [-0.25, -0.2) is 0 Å². The van der Waals surface area contributed by atoms with Crippen molar-refractivity contribution in [3.8, 4) is 0 Å². The highest BCUT2D eigenvalue weighted by Gasteiger charge is 2.19. The molecule has 0 spiro atoms. The summed E-state index contributed by atoms with van der Waals surface area (Å²) >= 11 is 0. The third kappa shape index (κ3) is 64.4. The zero-order valence-corrected chi connectivity index (χ0v) is 52.0. The van der Waals surface area contributed by atoms with Crippen molar-refractivity contribution in [1.82, 2.24) is 0 Å². The minimum absolute atomic E-state index is 0.0870. The van der Waals surface area contributed by atoms with E-state index < -0.39 is 6.10 Å². The van der Waals surface area contributed by atoms with Crippen molar-refractivity contribution in [1.29, 1.82) is 0 Å². The second kappa shape index (κ2) is 67.1. The van der Waals surface area contributed by atoms with E-state index in [2.05, 4.69) is 154 Å². The minimum atomic E-state index is -0.792. The number of unbranched alkanes of at least 4 members (excludes halogenated alkanes) is 26. The van der Waals surface area contributed by atoms with Crippen LogP contribution in [0.5, 0.6) is 0 Å². The van der Waals surface area contributed by atoms with Crippen LogP contribution in [0, 0.1) is 0 Å². The highest BCUT2D eigenvalue weighted by molar-refractivity contribution is 5.71. The van der Waals surface area contributed by atoms with E-state index in [-0.39, 0.29) is 31.1 Å². The summed E-state index contributed by atoms with van der Waals surface area (Å²) in [6, 6.07) is 0. The molecule has 0 aromatic heterocycles. The molecule has 0 N–H and O–H groups in total. The van der Waals surface area contributed by atoms with E-state index in [9.17, 15) is 14.4 Å². The molecule has 0 aromatic carbocycles. The molecule has 80 heavy (non-hydrogen) atoms. The van der Waals surface area contributed by atoms with Crippen LogP contribution in [0.1, 0.15) is 297 Å². The highest BCUT2D eigenvalue weighted by atomic mass is 16.6. The van der Waals surface area contributed by atoms with Crippen LogP contribution in [-0.2, 0) is 28.6 Å². The average Bonchev–Trinajstić information content (AvgIpc) is 3.46. The summed E-state index contributed by atoms with van der Waals surface area (Å²) in [7, 11) is 0. The third-order valence-electron chi connectivity index (χ3n) is 13.9. The maximum atomic E-state index is 12.9. The van der Waals surface area contributed by atoms with Gasteiger partial charge >= 0.3 is 17.9 Å². The van der Waals surface area contributed by atoms with Crippen LogP contribution in [-0.4, -0.2) is 37.2 Å². The van der Waals surface area contributed by atoms with E-state index in [1.165, 1.54) is 109 Å². The van der Waals surface area contributed by atoms with Crippen LogP contribution in [0.2, 0.25) is 0 Å². The lowest BCUT2D eigenvalue weighted by atomic mass is 10.0. The lowest BCUT2D eigenvalue weighted by Crippen LogP contribution is -2.30. The van der Waals surface area contributed by atoms with Crippen LogP contribution < -0.4 is 0 Å². The summed E-state index contributed by atoms with van der Waals surface area (Å²) < 4.78 is 16.9. The van der Waals surface area contributed by atoms with E-state index in [0.29, 0.717) is 19.3 Å². The van der Waals surface area contributed by atoms with Crippen LogP contribution in [0.15, 0.2) is 134 Å². The van der Waals surface area contributed by atoms with Crippen molar-refractivity contribution in [3.05, 3.63) is 134 Å². The second-order valence-corrected chi connectivity index (χ2v) is 21.6. The Morgan fingerprint density at radius 1 is 0.263 bits per heavy atom. The normalized spacial score (nSPS) is 13.0. The standard InChI is InChI=1S/C74H122O6/c1-4-7-10-13-16-19-22-25-27-28-29-30-31-32-33-34-35-36-37-38-39-40-41-42-43-44-45-46-47-50-52-55-58-61-64-67-73(76)79-70-71(69-78-72(75)66-63-60-57-54-51-48-24-21-18-15-12-9-6-3)80-74(77)68-65-62-59-56-53-49-26-23-20-17-14-11-8-5-2/h7,10,14,16-17,19,23,25-27,29-30,32-33,35-36,38-39,41-42,44-45,71H,4-6,8-9,11-13,15,18,20-22,24,28,31,34,37,40,43,46-70H2,1-3H3/b10-7-,17-14-,19-16-,26-23-,27-25-,30-29-,33-32-,36-35-,39-38-,42-41-,45-44-. The Hall–Kier alpha value is -4.45. The lowest BCUT2D eigenvalue weighted by molar-refractivity contribution is -0.167. The van der Waals surface area contributed by atoms with Gasteiger partial charge in [-0.3, -0.25) is 14.4 Å². The highest BCUT2D eigenvalue weighted by Crippen LogP contribution is 2.16. The molecule has 0 aliphatic carbocycles. The van der Waals surface area contributed by atoms with Crippen molar-refractivity contribution in [2.75, 3.05) is 13.2 Å². The van der Waals surface area contributed by atoms with Crippen molar-refractivity contribution in [2.45, 2.75) is 303 Å². The molecule has 0 rings (SSSR count). The first-order chi connectivity index (χ1) is 39.5. The maximum Gasteiger partial charge on any atom is 0.306 e. The third-order valence-corrected chi connectivity index (χ3v) is 13.9. The quantitative estimate of drug-likeness (QED) is 0.0261. The molecule has 0 aliphatic heterocycles. The van der Waals surface area contributed by atoms with Gasteiger partial charge < -0.3 is 14.2 Å². The Kier molecular flexibility index (Phi) is 63.3. The van der Waals surface area contributed by atoms with Gasteiger partial charge in [0.2, 0.25) is 0 Å². The van der Waals surface area contributed by atoms with Gasteiger partial charge in [-0.2, -0.15) is 0 Å². The SMILES string of the molecule is CC/C=C\C/C=C\C/C=C\C/C=C\C/C=C\C/C=C\C/C=C\C/C=C\C/C=C\CCCCCCCCCC(=O)OCC(COC(=O)CCCCCCCCCCCCCCC)OC(=O)CCCCCCC/C=C\C/C=C\CCCC. The minimum Gasteiger partial charge on any atom is -0.462 e. The molecule has 1 unspecified atom stereocenters. The van der Waals surface area contributed by atoms with Crippen molar-refractivity contribution < 1.29 is 28.6 Å². The summed E-state index contributed by atoms with van der Waals surface area (Å²) in [5.74, 6) is -0.909. The smallest absolute Gasteiger partial charge is 0.306 e. The van der Waals surface area contributed by atoms with Crippen LogP contribution in [0.3, 0.4) is 0 Å². The van der Waals surface area contributed by atoms with Gasteiger partial charge in [0.1, 0.15) is 13.2 Å². The predicted octanol–water partition coefficient (Wildman–Crippen LogP) is 22.9. The molecule has 0 radical (unpaired) electrons. The zero-order valence-electron chi connectivity index (χ0n) is 52.0. The summed E-state index contributed by atoms with van der Waals surface area (Å²) in [6.07, 6.45) is 94.6. The summed E-state index contributed by atoms with van der Waals surface area (Å²) in [4.78, 5) is 38.3. The van der Waals surface area contributed by atoms with Gasteiger partial charge in [-0.05, 0) is 116 Å². The molecule has 6 heteroatoms. The first-order valence-corrected chi connectivity index (χ1v) is 33.2. The van der Waals surface area contributed by atoms with Gasteiger partial charge in [-0.15, -0.1) is 0 Å². The molecule has 0 fully saturated rings. The summed E-state index contributed by atoms with van der Waals surface area (Å²) in [5, 5.41) is 0. The lowest BCUT2D eigenvalue weighted by Gasteiger charge is -2.18. The molecule has 0 saturated heterocycles. The Labute approximate surface area is 494 Å². The second-order valence-electron chi connectivity index (χ2n) is 21.6. The largest absolute Gasteiger partial charge is 0.462 e. The van der Waals surface area contributed by atoms with Gasteiger partial charge in [-0.1, -0.05) is 296 Å². The molecule has 0 heterocycles. The number of carbonyl (C=O) groups excluding carboxylic acids is 3. The average molecular weight is 1110 g/mol. The molecule has 0 bridgehead atoms. The molecule has 0 aromatic rings. The first kappa shape index (κ1) is 75.5. The number of carbonyl (C=O) groups is 3. The number of esters is 3. The number of hydrogen-bond acceptors (Lipinski definition) is 6. The van der Waals surface area contributed by atoms with E-state index >= 15 is 0 Å². The molecule has 0 aliphatic rings. The maximum absolute atomic E-state index is 12.9. The van der Waals surface area contributed by atoms with Crippen LogP contribution >= 0.6 is 0 Å². The van der Waals surface area contributed by atoms with Crippen molar-refractivity contribution in [3.63, 3.8) is 0 Å². The molecule has 0 amide bonds. The van der Waals surface area contributed by atoms with E-state index in [0.717, 1.165) is 148 Å². The first-order valence-electron chi connectivity index (χ1n) is 33.2. The number of ether oxygens (including phenoxy) is 3. The van der Waals surface area contributed by atoms with E-state index in [4.69, 9.17) is 14.2 Å². The molecular weight excluding hydrogens is 985 g/mol. The number of rotatable bonds is 59. The molecule has 0 saturated carbocycles. The van der Waals surface area contributed by atoms with Crippen molar-refractivity contribution >= 4 is 17.9 Å². The predicted molar refractivity (Wildman–Crippen MR) is 348 cm³/mol. The fourth-order valence-electron chi connectivity index (χ4n) is 8.92. The Bertz CT molecular complexity index is 1700. The van der Waals surface area contributed by atoms with Crippen LogP contribution in [0.4, 0.5) is 0 Å². The van der Waals surface area contributed by atoms with Crippen LogP contribution in [0.25, 0.3) is 0 Å². The molecular formula is C74H122O6. The Morgan fingerprint density at radius 2 is 0.500 bits per heavy atom. The monoisotopic (exact) mass is 1110 g/mol. The number of hydrogen-bond donors (Lipinski definition) is 0. The van der Waals surface area contributed by atoms with Gasteiger partial charge in [0, 0.05) is 19.3 Å². The molecule has 6 nitrogen and oxygen atoms in total. The van der Waals surface area contributed by atoms with E-state index in [1.807, 2.05) is 0 Å². The Morgan fingerprint density at radius 3 is 0.800 bits per heavy atom. The van der Waals surface area contributed by atoms with Gasteiger partial charge in [0.05, 0.1) is 0 Å². The van der Waals surface area contributed by atoms with Crippen molar-refractivity contribution in [2.24, 2.45) is 0 Å². The molecule has 454 valence electrons. The number of allylic oxidation sites excluding steroid dienone is 22. The Balaban J connectivity index is 4.26. The van der Waals surface area contributed by atoms with Gasteiger partial charge in [0.25, 0.3) is 0 Å². The zero-order chi connectivity index (χ0) is 57.8. The molecule has 1 atom stereocenters. The van der Waals surface area contributed by atoms with E-state index in [1.54, 1.807) is 0 Å². The fraction of sp³-hybridized carbons (Fsp3) is 0.662. The fourth-order valence-corrected chi connectivity index (χ4v) is 8.92. The topological polar surface area (TPSA) is 78.9 Å².